The lowest BCUT2D eigenvalue weighted by Crippen LogP contribution is -2.16. The van der Waals surface area contributed by atoms with Crippen molar-refractivity contribution in [2.75, 3.05) is 0 Å². The van der Waals surface area contributed by atoms with Crippen LogP contribution in [0.15, 0.2) is 18.2 Å². The number of hydrogen-bond donors (Lipinski definition) is 0. The largest absolute Gasteiger partial charge is 0.449 e. The lowest BCUT2D eigenvalue weighted by molar-refractivity contribution is -0.147. The first-order chi connectivity index (χ1) is 8.71. The topological polar surface area (TPSA) is 34.9 Å². The second-order valence-electron chi connectivity index (χ2n) is 4.66. The van der Waals surface area contributed by atoms with E-state index in [4.69, 9.17) is 0 Å². The molecule has 0 amide bonds. The average Bonchev–Trinajstić information content (AvgIpc) is 2.66. The average molecular weight is 270 g/mol. The number of aromatic nitrogens is 2. The predicted molar refractivity (Wildman–Crippen MR) is 65.1 cm³/mol. The first-order valence-corrected chi connectivity index (χ1v) is 5.82. The minimum atomic E-state index is -4.51. The molecule has 1 aromatic carbocycles. The number of benzene rings is 1. The van der Waals surface area contributed by atoms with Gasteiger partial charge in [0.2, 0.25) is 5.82 Å². The minimum absolute atomic E-state index is 0.188. The van der Waals surface area contributed by atoms with Crippen LogP contribution in [-0.4, -0.2) is 15.3 Å². The summed E-state index contributed by atoms with van der Waals surface area (Å²) in [5, 5.41) is 0. The zero-order valence-electron chi connectivity index (χ0n) is 10.7. The highest BCUT2D eigenvalue weighted by molar-refractivity contribution is 5.97. The number of carbonyl (C=O) groups excluding carboxylic acids is 1. The number of halogens is 3. The molecule has 2 aromatic rings. The smallest absolute Gasteiger partial charge is 0.318 e. The van der Waals surface area contributed by atoms with E-state index in [9.17, 15) is 18.0 Å². The Kier molecular flexibility index (Phi) is 3.12. The molecule has 2 rings (SSSR count). The number of ketones is 1. The predicted octanol–water partition coefficient (Wildman–Crippen LogP) is 3.84. The summed E-state index contributed by atoms with van der Waals surface area (Å²) in [5.74, 6) is -1.12. The maximum atomic E-state index is 13.0. The molecule has 1 heterocycles. The number of rotatable bonds is 2. The van der Waals surface area contributed by atoms with Crippen molar-refractivity contribution in [2.45, 2.75) is 33.0 Å². The van der Waals surface area contributed by atoms with Gasteiger partial charge in [-0.15, -0.1) is 0 Å². The number of imidazole rings is 1. The van der Waals surface area contributed by atoms with Gasteiger partial charge in [-0.05, 0) is 39.0 Å². The highest BCUT2D eigenvalue weighted by Crippen LogP contribution is 2.33. The van der Waals surface area contributed by atoms with E-state index in [1.165, 1.54) is 25.1 Å². The highest BCUT2D eigenvalue weighted by atomic mass is 19.4. The summed E-state index contributed by atoms with van der Waals surface area (Å²) < 4.78 is 40.0. The van der Waals surface area contributed by atoms with Gasteiger partial charge >= 0.3 is 6.18 Å². The summed E-state index contributed by atoms with van der Waals surface area (Å²) in [6.45, 7) is 4.68. The maximum Gasteiger partial charge on any atom is 0.449 e. The number of fused-ring (bicyclic) bond motifs is 1. The number of alkyl halides is 3. The Morgan fingerprint density at radius 3 is 2.42 bits per heavy atom. The Labute approximate surface area is 108 Å². The number of carbonyl (C=O) groups is 1. The summed E-state index contributed by atoms with van der Waals surface area (Å²) in [4.78, 5) is 15.0. The molecule has 0 radical (unpaired) electrons. The minimum Gasteiger partial charge on any atom is -0.318 e. The van der Waals surface area contributed by atoms with Crippen molar-refractivity contribution in [3.8, 4) is 0 Å². The molecular weight excluding hydrogens is 257 g/mol. The van der Waals surface area contributed by atoms with Gasteiger partial charge < -0.3 is 4.57 Å². The van der Waals surface area contributed by atoms with Crippen LogP contribution in [0.2, 0.25) is 0 Å². The molecule has 0 N–H and O–H groups in total. The quantitative estimate of drug-likeness (QED) is 0.777. The van der Waals surface area contributed by atoms with Gasteiger partial charge in [0, 0.05) is 11.6 Å². The molecule has 0 bridgehead atoms. The van der Waals surface area contributed by atoms with Crippen molar-refractivity contribution in [3.63, 3.8) is 0 Å². The lowest BCUT2D eigenvalue weighted by Gasteiger charge is -2.14. The molecule has 3 nitrogen and oxygen atoms in total. The molecule has 0 fully saturated rings. The van der Waals surface area contributed by atoms with Gasteiger partial charge in [0.05, 0.1) is 11.0 Å². The Bertz CT molecular complexity index is 641. The molecule has 0 aliphatic heterocycles. The molecule has 1 aromatic heterocycles. The second-order valence-corrected chi connectivity index (χ2v) is 4.66. The standard InChI is InChI=1S/C13H13F3N2O/c1-7(2)18-11-6-9(8(3)19)4-5-10(11)17-12(18)13(14,15)16/h4-7H,1-3H3. The molecule has 0 atom stereocenters. The van der Waals surface area contributed by atoms with Crippen LogP contribution in [0, 0.1) is 0 Å². The third-order valence-corrected chi connectivity index (χ3v) is 2.87. The third-order valence-electron chi connectivity index (χ3n) is 2.87. The van der Waals surface area contributed by atoms with Crippen molar-refractivity contribution >= 4 is 16.8 Å². The SMILES string of the molecule is CC(=O)c1ccc2nc(C(F)(F)F)n(C(C)C)c2c1. The second kappa shape index (κ2) is 4.36. The van der Waals surface area contributed by atoms with Crippen molar-refractivity contribution in [1.82, 2.24) is 9.55 Å². The van der Waals surface area contributed by atoms with Crippen LogP contribution in [-0.2, 0) is 6.18 Å². The van der Waals surface area contributed by atoms with Crippen molar-refractivity contribution in [1.29, 1.82) is 0 Å². The molecule has 0 saturated heterocycles. The van der Waals surface area contributed by atoms with Gasteiger partial charge in [-0.25, -0.2) is 4.98 Å². The fourth-order valence-corrected chi connectivity index (χ4v) is 2.03. The van der Waals surface area contributed by atoms with Crippen molar-refractivity contribution < 1.29 is 18.0 Å². The van der Waals surface area contributed by atoms with Crippen LogP contribution in [0.25, 0.3) is 11.0 Å². The maximum absolute atomic E-state index is 13.0. The van der Waals surface area contributed by atoms with Crippen LogP contribution in [0.4, 0.5) is 13.2 Å². The summed E-state index contributed by atoms with van der Waals surface area (Å²) in [5.41, 5.74) is 0.948. The van der Waals surface area contributed by atoms with Gasteiger partial charge in [-0.2, -0.15) is 13.2 Å². The molecule has 0 saturated carbocycles. The van der Waals surface area contributed by atoms with E-state index in [-0.39, 0.29) is 11.3 Å². The van der Waals surface area contributed by atoms with Gasteiger partial charge in [-0.1, -0.05) is 0 Å². The van der Waals surface area contributed by atoms with E-state index in [1.54, 1.807) is 13.8 Å². The molecule has 6 heteroatoms. The molecular formula is C13H13F3N2O. The summed E-state index contributed by atoms with van der Waals surface area (Å²) in [6.07, 6.45) is -4.51. The van der Waals surface area contributed by atoms with Crippen molar-refractivity contribution in [2.24, 2.45) is 0 Å². The first-order valence-electron chi connectivity index (χ1n) is 5.82. The molecule has 19 heavy (non-hydrogen) atoms. The molecule has 0 unspecified atom stereocenters. The fraction of sp³-hybridized carbons (Fsp3) is 0.385. The number of nitrogens with zero attached hydrogens (tertiary/aromatic N) is 2. The van der Waals surface area contributed by atoms with E-state index >= 15 is 0 Å². The molecule has 102 valence electrons. The van der Waals surface area contributed by atoms with E-state index in [0.29, 0.717) is 11.1 Å². The highest BCUT2D eigenvalue weighted by Gasteiger charge is 2.38. The summed E-state index contributed by atoms with van der Waals surface area (Å²) in [6, 6.07) is 3.99. The van der Waals surface area contributed by atoms with Gasteiger partial charge in [-0.3, -0.25) is 4.79 Å². The molecule has 0 spiro atoms. The van der Waals surface area contributed by atoms with Crippen LogP contribution < -0.4 is 0 Å². The molecule has 0 aliphatic rings. The normalized spacial score (nSPS) is 12.4. The van der Waals surface area contributed by atoms with E-state index in [2.05, 4.69) is 4.98 Å². The first kappa shape index (κ1) is 13.6. The third kappa shape index (κ3) is 2.34. The summed E-state index contributed by atoms with van der Waals surface area (Å²) >= 11 is 0. The Hall–Kier alpha value is -1.85. The Morgan fingerprint density at radius 1 is 1.32 bits per heavy atom. The Balaban J connectivity index is 2.80. The van der Waals surface area contributed by atoms with Crippen LogP contribution in [0.3, 0.4) is 0 Å². The summed E-state index contributed by atoms with van der Waals surface area (Å²) in [7, 11) is 0. The van der Waals surface area contributed by atoms with E-state index < -0.39 is 18.0 Å². The lowest BCUT2D eigenvalue weighted by atomic mass is 10.1. The van der Waals surface area contributed by atoms with Gasteiger partial charge in [0.25, 0.3) is 0 Å². The fourth-order valence-electron chi connectivity index (χ4n) is 2.03. The Morgan fingerprint density at radius 2 is 1.95 bits per heavy atom. The number of hydrogen-bond acceptors (Lipinski definition) is 2. The van der Waals surface area contributed by atoms with Gasteiger partial charge in [0.1, 0.15) is 0 Å². The monoisotopic (exact) mass is 270 g/mol. The van der Waals surface area contributed by atoms with E-state index in [0.717, 1.165) is 4.57 Å². The number of Topliss-reactive ketones (excluding diaryl/α,β-unsaturated/α-hetero) is 1. The zero-order chi connectivity index (χ0) is 14.4. The van der Waals surface area contributed by atoms with E-state index in [1.807, 2.05) is 0 Å². The van der Waals surface area contributed by atoms with Gasteiger partial charge in [0.15, 0.2) is 5.78 Å². The van der Waals surface area contributed by atoms with Crippen LogP contribution in [0.1, 0.15) is 43.0 Å². The van der Waals surface area contributed by atoms with Crippen molar-refractivity contribution in [3.05, 3.63) is 29.6 Å². The van der Waals surface area contributed by atoms with Crippen LogP contribution in [0.5, 0.6) is 0 Å². The van der Waals surface area contributed by atoms with Crippen LogP contribution >= 0.6 is 0 Å². The molecule has 0 aliphatic carbocycles. The zero-order valence-corrected chi connectivity index (χ0v) is 10.7.